The van der Waals surface area contributed by atoms with E-state index >= 15 is 4.39 Å². The van der Waals surface area contributed by atoms with Crippen LogP contribution in [0.4, 0.5) is 9.18 Å². The van der Waals surface area contributed by atoms with Crippen LogP contribution in [0.1, 0.15) is 94.0 Å². The second kappa shape index (κ2) is 19.1. The highest BCUT2D eigenvalue weighted by Gasteiger charge is 2.62. The first-order valence-corrected chi connectivity index (χ1v) is 21.4. The molecule has 0 bridgehead atoms. The molecule has 0 saturated carbocycles. The molecule has 14 atom stereocenters. The summed E-state index contributed by atoms with van der Waals surface area (Å²) in [7, 11) is 1.81. The van der Waals surface area contributed by atoms with Crippen LogP contribution in [0, 0.1) is 17.8 Å². The van der Waals surface area contributed by atoms with Crippen LogP contribution in [-0.2, 0) is 33.3 Å². The summed E-state index contributed by atoms with van der Waals surface area (Å²) in [6.45, 7) is 18.2. The number of amides is 1. The zero-order valence-corrected chi connectivity index (χ0v) is 37.2. The van der Waals surface area contributed by atoms with E-state index in [1.807, 2.05) is 52.9 Å². The van der Waals surface area contributed by atoms with Crippen LogP contribution in [0.2, 0.25) is 0 Å². The lowest BCUT2D eigenvalue weighted by atomic mass is 9.73. The third-order valence-corrected chi connectivity index (χ3v) is 13.0. The number of hydrogen-bond donors (Lipinski definition) is 3. The van der Waals surface area contributed by atoms with Crippen LogP contribution in [0.25, 0.3) is 11.3 Å². The zero-order chi connectivity index (χ0) is 45.2. The lowest BCUT2D eigenvalue weighted by molar-refractivity contribution is -0.293. The van der Waals surface area contributed by atoms with Crippen molar-refractivity contribution in [3.05, 3.63) is 55.5 Å². The number of fused-ring (bicyclic) bond motifs is 1. The van der Waals surface area contributed by atoms with Gasteiger partial charge in [0.05, 0.1) is 29.8 Å². The Bertz CT molecular complexity index is 1880. The van der Waals surface area contributed by atoms with Crippen molar-refractivity contribution >= 4 is 23.6 Å². The SMILES string of the molecule is C=CCN(C)[C@H]1C[C@@H](C)OC(O[C@@H]2[C@@H](C)C(=O)[C@](C)(F)C(=O)O[C@H](CC)[C@@]3(C)OC(=O)N(NCCC(C)n4cnc(-c5ccccc5)c4)C3[C@@H](C)C(=O)[C@H](C)C[C@@]2(C)O)[C@@H]1O. The summed E-state index contributed by atoms with van der Waals surface area (Å²) < 4.78 is 43.0. The van der Waals surface area contributed by atoms with Crippen molar-refractivity contribution in [2.24, 2.45) is 17.8 Å². The Balaban J connectivity index is 1.45. The molecule has 0 aliphatic carbocycles. The van der Waals surface area contributed by atoms with Crippen LogP contribution in [-0.4, -0.2) is 133 Å². The maximum absolute atomic E-state index is 16.9. The van der Waals surface area contributed by atoms with Crippen molar-refractivity contribution in [3.63, 3.8) is 0 Å². The molecule has 3 saturated heterocycles. The summed E-state index contributed by atoms with van der Waals surface area (Å²) in [5.74, 6) is -6.55. The van der Waals surface area contributed by atoms with Gasteiger partial charge < -0.3 is 33.7 Å². The number of carbonyl (C=O) groups excluding carboxylic acids is 4. The minimum atomic E-state index is -3.26. The molecule has 0 spiro atoms. The standard InChI is InChI=1S/C45H66FN5O10/c1-12-21-49(11)33-22-28(5)58-40(36(33)53)60-39-30(7)38(54)44(9,46)41(55)59-34(13-2)45(10)37(29(6)35(52)26(3)23-43(39,8)57)51(42(56)61-45)48-20-19-27(4)50-24-32(47-25-50)31-17-15-14-16-18-31/h12,14-18,24-30,33-34,36-37,39-40,48,53,57H,1,13,19-23H2,2-11H3/t26-,27?,28-,29+,30+,33+,34-,36-,37?,39-,40?,43-,44+,45-/m1/s1. The second-order valence-corrected chi connectivity index (χ2v) is 18.0. The number of rotatable bonds is 12. The predicted octanol–water partition coefficient (Wildman–Crippen LogP) is 5.20. The van der Waals surface area contributed by atoms with Gasteiger partial charge in [-0.3, -0.25) is 14.5 Å². The van der Waals surface area contributed by atoms with Gasteiger partial charge in [-0.15, -0.1) is 6.58 Å². The lowest BCUT2D eigenvalue weighted by Crippen LogP contribution is -2.62. The van der Waals surface area contributed by atoms with Crippen molar-refractivity contribution in [1.29, 1.82) is 0 Å². The number of aliphatic hydroxyl groups is 2. The van der Waals surface area contributed by atoms with Gasteiger partial charge in [0.15, 0.2) is 17.7 Å². The number of nitrogens with zero attached hydrogens (tertiary/aromatic N) is 4. The van der Waals surface area contributed by atoms with Crippen LogP contribution in [0.15, 0.2) is 55.5 Å². The van der Waals surface area contributed by atoms with Gasteiger partial charge in [0.1, 0.15) is 24.0 Å². The van der Waals surface area contributed by atoms with Gasteiger partial charge >= 0.3 is 12.1 Å². The van der Waals surface area contributed by atoms with Crippen molar-refractivity contribution in [3.8, 4) is 11.3 Å². The first-order chi connectivity index (χ1) is 28.6. The first kappa shape index (κ1) is 48.0. The van der Waals surface area contributed by atoms with E-state index in [0.29, 0.717) is 19.4 Å². The van der Waals surface area contributed by atoms with Gasteiger partial charge in [0, 0.05) is 54.7 Å². The highest BCUT2D eigenvalue weighted by molar-refractivity contribution is 6.08. The van der Waals surface area contributed by atoms with Crippen molar-refractivity contribution in [1.82, 2.24) is 24.9 Å². The van der Waals surface area contributed by atoms with Gasteiger partial charge in [0.2, 0.25) is 0 Å². The number of nitrogens with one attached hydrogen (secondary N) is 1. The number of benzene rings is 1. The lowest BCUT2D eigenvalue weighted by Gasteiger charge is -2.46. The van der Waals surface area contributed by atoms with Crippen LogP contribution in [0.5, 0.6) is 0 Å². The molecule has 1 aromatic heterocycles. The Morgan fingerprint density at radius 2 is 1.79 bits per heavy atom. The molecule has 5 rings (SSSR count). The Morgan fingerprint density at radius 1 is 1.11 bits per heavy atom. The zero-order valence-electron chi connectivity index (χ0n) is 37.2. The van der Waals surface area contributed by atoms with E-state index in [-0.39, 0.29) is 31.2 Å². The number of aromatic nitrogens is 2. The molecule has 16 heteroatoms. The molecule has 3 unspecified atom stereocenters. The number of Topliss-reactive ketones (excluding diaryl/α,β-unsaturated/α-hetero) is 2. The number of halogens is 1. The van der Waals surface area contributed by atoms with Crippen LogP contribution < -0.4 is 5.43 Å². The molecule has 1 amide bonds. The maximum Gasteiger partial charge on any atom is 0.425 e. The average Bonchev–Trinajstić information content (AvgIpc) is 3.81. The Hall–Kier alpha value is -4.06. The van der Waals surface area contributed by atoms with Gasteiger partial charge in [0.25, 0.3) is 5.67 Å². The summed E-state index contributed by atoms with van der Waals surface area (Å²) >= 11 is 0. The minimum Gasteiger partial charge on any atom is -0.455 e. The van der Waals surface area contributed by atoms with E-state index in [0.717, 1.165) is 18.2 Å². The van der Waals surface area contributed by atoms with Crippen LogP contribution in [0.3, 0.4) is 0 Å². The fourth-order valence-corrected chi connectivity index (χ4v) is 9.50. The number of cyclic esters (lactones) is 1. The number of ether oxygens (including phenoxy) is 4. The number of likely N-dealkylation sites (N-methyl/N-ethyl adjacent to an activating group) is 1. The van der Waals surface area contributed by atoms with Crippen molar-refractivity contribution < 1.29 is 52.7 Å². The maximum atomic E-state index is 16.9. The number of carbonyl (C=O) groups is 4. The summed E-state index contributed by atoms with van der Waals surface area (Å²) in [6.07, 6.45) is -0.647. The number of ketones is 2. The summed E-state index contributed by atoms with van der Waals surface area (Å²) in [5.41, 5.74) is -2.02. The molecule has 4 heterocycles. The van der Waals surface area contributed by atoms with E-state index in [4.69, 9.17) is 18.9 Å². The quantitative estimate of drug-likeness (QED) is 0.144. The summed E-state index contributed by atoms with van der Waals surface area (Å²) in [5, 5.41) is 25.0. The molecule has 338 valence electrons. The van der Waals surface area contributed by atoms with Crippen molar-refractivity contribution in [2.75, 3.05) is 20.1 Å². The normalized spacial score (nSPS) is 37.2. The number of hydrogen-bond acceptors (Lipinski definition) is 13. The third kappa shape index (κ3) is 9.94. The number of esters is 1. The van der Waals surface area contributed by atoms with E-state index < -0.39 is 95.3 Å². The first-order valence-electron chi connectivity index (χ1n) is 21.4. The molecule has 61 heavy (non-hydrogen) atoms. The fraction of sp³-hybridized carbons (Fsp3) is 0.667. The topological polar surface area (TPSA) is 182 Å². The molecule has 3 fully saturated rings. The number of imidazole rings is 1. The molecular formula is C45H66FN5O10. The molecule has 2 aromatic rings. The van der Waals surface area contributed by atoms with Crippen LogP contribution >= 0.6 is 0 Å². The fourth-order valence-electron chi connectivity index (χ4n) is 9.50. The summed E-state index contributed by atoms with van der Waals surface area (Å²) in [4.78, 5) is 62.9. The number of hydrazine groups is 1. The molecule has 1 aromatic carbocycles. The molecule has 0 radical (unpaired) electrons. The van der Waals surface area contributed by atoms with E-state index in [9.17, 15) is 29.4 Å². The predicted molar refractivity (Wildman–Crippen MR) is 224 cm³/mol. The monoisotopic (exact) mass is 855 g/mol. The average molecular weight is 856 g/mol. The molecule has 15 nitrogen and oxygen atoms in total. The Labute approximate surface area is 358 Å². The Morgan fingerprint density at radius 3 is 2.43 bits per heavy atom. The molecule has 3 N–H and O–H groups in total. The number of alkyl halides is 1. The smallest absolute Gasteiger partial charge is 0.425 e. The molecule has 3 aliphatic heterocycles. The second-order valence-electron chi connectivity index (χ2n) is 18.0. The van der Waals surface area contributed by atoms with E-state index in [1.54, 1.807) is 47.1 Å². The minimum absolute atomic E-state index is 0.0363. The molecular weight excluding hydrogens is 790 g/mol. The highest BCUT2D eigenvalue weighted by atomic mass is 19.1. The summed E-state index contributed by atoms with van der Waals surface area (Å²) in [6, 6.07) is 8.16. The van der Waals surface area contributed by atoms with E-state index in [1.165, 1.54) is 25.8 Å². The van der Waals surface area contributed by atoms with Gasteiger partial charge in [-0.2, -0.15) is 0 Å². The Kier molecular flexibility index (Phi) is 15.0. The number of aliphatic hydroxyl groups excluding tert-OH is 1. The third-order valence-electron chi connectivity index (χ3n) is 13.0. The van der Waals surface area contributed by atoms with Gasteiger partial charge in [-0.05, 0) is 67.3 Å². The van der Waals surface area contributed by atoms with E-state index in [2.05, 4.69) is 17.0 Å². The van der Waals surface area contributed by atoms with Gasteiger partial charge in [-0.25, -0.2) is 29.4 Å². The van der Waals surface area contributed by atoms with Gasteiger partial charge in [-0.1, -0.05) is 64.1 Å². The molecule has 3 aliphatic rings. The largest absolute Gasteiger partial charge is 0.455 e. The van der Waals surface area contributed by atoms with Crippen molar-refractivity contribution in [2.45, 2.75) is 154 Å². The highest BCUT2D eigenvalue weighted by Crippen LogP contribution is 2.42.